The van der Waals surface area contributed by atoms with Crippen LogP contribution >= 0.6 is 25.3 Å². The number of nitrogens with one attached hydrogen (secondary N) is 3. The molecule has 0 saturated heterocycles. The summed E-state index contributed by atoms with van der Waals surface area (Å²) >= 11 is 7.90. The van der Waals surface area contributed by atoms with Crippen molar-refractivity contribution in [3.63, 3.8) is 0 Å². The van der Waals surface area contributed by atoms with Crippen molar-refractivity contribution < 1.29 is 29.4 Å². The molecule has 5 unspecified atom stereocenters. The Morgan fingerprint density at radius 2 is 1.52 bits per heavy atom. The van der Waals surface area contributed by atoms with Crippen LogP contribution < -0.4 is 27.4 Å². The predicted molar refractivity (Wildman–Crippen MR) is 114 cm³/mol. The summed E-state index contributed by atoms with van der Waals surface area (Å²) < 4.78 is 0. The highest BCUT2D eigenvalue weighted by atomic mass is 32.1. The predicted octanol–water partition coefficient (Wildman–Crippen LogP) is -2.78. The van der Waals surface area contributed by atoms with E-state index in [-0.39, 0.29) is 17.9 Å². The highest BCUT2D eigenvalue weighted by Gasteiger charge is 2.32. The number of hydrogen-bond acceptors (Lipinski definition) is 9. The van der Waals surface area contributed by atoms with Crippen molar-refractivity contribution in [1.82, 2.24) is 16.0 Å². The molecule has 0 aliphatic rings. The van der Waals surface area contributed by atoms with Gasteiger partial charge in [-0.1, -0.05) is 0 Å². The van der Waals surface area contributed by atoms with Gasteiger partial charge < -0.3 is 37.6 Å². The summed E-state index contributed by atoms with van der Waals surface area (Å²) in [4.78, 5) is 48.0. The number of unbranched alkanes of at least 4 members (excludes halogenated alkanes) is 1. The minimum atomic E-state index is -1.43. The van der Waals surface area contributed by atoms with E-state index in [9.17, 15) is 29.4 Å². The van der Waals surface area contributed by atoms with E-state index in [1.54, 1.807) is 0 Å². The summed E-state index contributed by atoms with van der Waals surface area (Å²) in [5.74, 6) is -3.56. The van der Waals surface area contributed by atoms with Crippen LogP contribution in [0.15, 0.2) is 0 Å². The lowest BCUT2D eigenvalue weighted by Gasteiger charge is -2.26. The van der Waals surface area contributed by atoms with Crippen LogP contribution in [0.3, 0.4) is 0 Å². The molecule has 0 spiro atoms. The standard InChI is InChI=1S/C16H31N5O6S2/c1-8(22)12(15(25)19-10(16(26)27)4-2-3-5-17)21-14(24)11(7-29)20-13(23)9(18)6-28/h8-12,22,28-29H,2-7,17-18H2,1H3,(H,19,25)(H,20,23)(H,21,24)(H,26,27). The number of carbonyl (C=O) groups excluding carboxylic acids is 3. The molecule has 0 aromatic carbocycles. The molecule has 0 aliphatic carbocycles. The molecule has 0 aromatic heterocycles. The van der Waals surface area contributed by atoms with Gasteiger partial charge >= 0.3 is 5.97 Å². The maximum Gasteiger partial charge on any atom is 0.326 e. The molecule has 5 atom stereocenters. The van der Waals surface area contributed by atoms with Gasteiger partial charge in [-0.3, -0.25) is 14.4 Å². The third-order valence-corrected chi connectivity index (χ3v) is 4.73. The first-order chi connectivity index (χ1) is 13.6. The molecule has 29 heavy (non-hydrogen) atoms. The van der Waals surface area contributed by atoms with Crippen molar-refractivity contribution >= 4 is 48.9 Å². The average Bonchev–Trinajstić information content (AvgIpc) is 2.67. The first kappa shape index (κ1) is 27.5. The van der Waals surface area contributed by atoms with E-state index < -0.39 is 54.0 Å². The Hall–Kier alpha value is -1.54. The fraction of sp³-hybridized carbons (Fsp3) is 0.750. The summed E-state index contributed by atoms with van der Waals surface area (Å²) in [6.45, 7) is 1.65. The van der Waals surface area contributed by atoms with E-state index in [2.05, 4.69) is 41.2 Å². The van der Waals surface area contributed by atoms with Crippen LogP contribution in [0.4, 0.5) is 0 Å². The zero-order valence-corrected chi connectivity index (χ0v) is 18.0. The van der Waals surface area contributed by atoms with Crippen molar-refractivity contribution in [1.29, 1.82) is 0 Å². The molecule has 0 fully saturated rings. The maximum atomic E-state index is 12.4. The normalized spacial score (nSPS) is 16.1. The van der Waals surface area contributed by atoms with Crippen LogP contribution in [0.5, 0.6) is 0 Å². The largest absolute Gasteiger partial charge is 0.480 e. The van der Waals surface area contributed by atoms with E-state index in [1.807, 2.05) is 0 Å². The van der Waals surface area contributed by atoms with Crippen LogP contribution in [0.1, 0.15) is 26.2 Å². The Kier molecular flexibility index (Phi) is 13.7. The van der Waals surface area contributed by atoms with E-state index in [4.69, 9.17) is 11.5 Å². The molecule has 0 bridgehead atoms. The summed E-state index contributed by atoms with van der Waals surface area (Å²) in [6.07, 6.45) is -0.101. The number of amides is 3. The fourth-order valence-electron chi connectivity index (χ4n) is 2.23. The number of aliphatic carboxylic acids is 1. The third kappa shape index (κ3) is 10.2. The lowest BCUT2D eigenvalue weighted by Crippen LogP contribution is -2.60. The van der Waals surface area contributed by atoms with Gasteiger partial charge in [0, 0.05) is 11.5 Å². The van der Waals surface area contributed by atoms with E-state index in [0.717, 1.165) is 0 Å². The first-order valence-corrected chi connectivity index (χ1v) is 10.3. The summed E-state index contributed by atoms with van der Waals surface area (Å²) in [6, 6.07) is -4.68. The number of thiol groups is 2. The van der Waals surface area contributed by atoms with Crippen molar-refractivity contribution in [3.8, 4) is 0 Å². The van der Waals surface area contributed by atoms with Gasteiger partial charge in [0.15, 0.2) is 0 Å². The Balaban J connectivity index is 5.09. The molecule has 9 N–H and O–H groups in total. The Morgan fingerprint density at radius 1 is 0.931 bits per heavy atom. The number of carbonyl (C=O) groups is 4. The molecule has 0 heterocycles. The molecule has 0 rings (SSSR count). The van der Waals surface area contributed by atoms with Crippen LogP contribution in [-0.2, 0) is 19.2 Å². The zero-order chi connectivity index (χ0) is 22.6. The van der Waals surface area contributed by atoms with Gasteiger partial charge in [0.05, 0.1) is 12.1 Å². The molecule has 0 aliphatic heterocycles. The van der Waals surface area contributed by atoms with E-state index >= 15 is 0 Å². The maximum absolute atomic E-state index is 12.4. The Bertz CT molecular complexity index is 566. The molecular weight excluding hydrogens is 422 g/mol. The van der Waals surface area contributed by atoms with Crippen molar-refractivity contribution in [3.05, 3.63) is 0 Å². The molecule has 3 amide bonds. The fourth-order valence-corrected chi connectivity index (χ4v) is 2.65. The second-order valence-corrected chi connectivity index (χ2v) is 7.17. The van der Waals surface area contributed by atoms with Crippen molar-refractivity contribution in [2.75, 3.05) is 18.1 Å². The smallest absolute Gasteiger partial charge is 0.326 e. The highest BCUT2D eigenvalue weighted by molar-refractivity contribution is 7.80. The van der Waals surface area contributed by atoms with E-state index in [0.29, 0.717) is 19.4 Å². The van der Waals surface area contributed by atoms with E-state index in [1.165, 1.54) is 6.92 Å². The number of aliphatic hydroxyl groups excluding tert-OH is 1. The number of aliphatic hydroxyl groups is 1. The third-order valence-electron chi connectivity index (χ3n) is 3.97. The molecule has 0 radical (unpaired) electrons. The van der Waals surface area contributed by atoms with Crippen LogP contribution in [0, 0.1) is 0 Å². The molecule has 0 aromatic rings. The number of carboxylic acid groups (broad SMARTS) is 1. The molecule has 0 saturated carbocycles. The topological polar surface area (TPSA) is 197 Å². The quantitative estimate of drug-likeness (QED) is 0.0994. The SMILES string of the molecule is CC(O)C(NC(=O)C(CS)NC(=O)C(N)CS)C(=O)NC(CCCCN)C(=O)O. The minimum Gasteiger partial charge on any atom is -0.480 e. The summed E-state index contributed by atoms with van der Waals surface area (Å²) in [7, 11) is 0. The van der Waals surface area contributed by atoms with Crippen LogP contribution in [-0.4, -0.2) is 82.2 Å². The van der Waals surface area contributed by atoms with Gasteiger partial charge in [-0.05, 0) is 32.7 Å². The molecule has 168 valence electrons. The lowest BCUT2D eigenvalue weighted by atomic mass is 10.1. The Labute approximate surface area is 180 Å². The number of carboxylic acids is 1. The number of nitrogens with two attached hydrogens (primary N) is 2. The summed E-state index contributed by atoms with van der Waals surface area (Å²) in [5, 5.41) is 26.1. The summed E-state index contributed by atoms with van der Waals surface area (Å²) in [5.41, 5.74) is 10.9. The van der Waals surface area contributed by atoms with Crippen LogP contribution in [0.25, 0.3) is 0 Å². The highest BCUT2D eigenvalue weighted by Crippen LogP contribution is 2.04. The molecule has 13 heteroatoms. The van der Waals surface area contributed by atoms with Gasteiger partial charge in [-0.25, -0.2) is 4.79 Å². The van der Waals surface area contributed by atoms with Gasteiger partial charge in [-0.15, -0.1) is 0 Å². The van der Waals surface area contributed by atoms with Gasteiger partial charge in [0.2, 0.25) is 17.7 Å². The minimum absolute atomic E-state index is 0.0617. The second-order valence-electron chi connectivity index (χ2n) is 6.44. The molecular formula is C16H31N5O6S2. The average molecular weight is 454 g/mol. The van der Waals surface area contributed by atoms with Gasteiger partial charge in [0.25, 0.3) is 0 Å². The first-order valence-electron chi connectivity index (χ1n) is 9.08. The monoisotopic (exact) mass is 453 g/mol. The van der Waals surface area contributed by atoms with Crippen molar-refractivity contribution in [2.24, 2.45) is 11.5 Å². The number of hydrogen-bond donors (Lipinski definition) is 9. The van der Waals surface area contributed by atoms with Crippen LogP contribution in [0.2, 0.25) is 0 Å². The Morgan fingerprint density at radius 3 is 1.97 bits per heavy atom. The zero-order valence-electron chi connectivity index (χ0n) is 16.2. The second kappa shape index (κ2) is 14.4. The van der Waals surface area contributed by atoms with Gasteiger partial charge in [0.1, 0.15) is 18.1 Å². The number of rotatable bonds is 14. The lowest BCUT2D eigenvalue weighted by molar-refractivity contribution is -0.143. The van der Waals surface area contributed by atoms with Gasteiger partial charge in [-0.2, -0.15) is 25.3 Å². The van der Waals surface area contributed by atoms with Crippen molar-refractivity contribution in [2.45, 2.75) is 56.5 Å². The molecule has 11 nitrogen and oxygen atoms in total.